The number of nitrogens with zero attached hydrogens (tertiary/aromatic N) is 1. The zero-order valence-corrected chi connectivity index (χ0v) is 11.2. The summed E-state index contributed by atoms with van der Waals surface area (Å²) in [6, 6.07) is 3.83. The van der Waals surface area contributed by atoms with Gasteiger partial charge in [0.05, 0.1) is 6.26 Å². The molecule has 1 saturated carbocycles. The predicted molar refractivity (Wildman–Crippen MR) is 72.1 cm³/mol. The number of hydrogen-bond acceptors (Lipinski definition) is 3. The van der Waals surface area contributed by atoms with Crippen LogP contribution in [0.2, 0.25) is 0 Å². The number of aliphatic imine (C=N–C) groups is 1. The van der Waals surface area contributed by atoms with Crippen LogP contribution in [0.1, 0.15) is 51.2 Å². The first kappa shape index (κ1) is 13.1. The Balaban J connectivity index is 1.98. The molecule has 3 nitrogen and oxygen atoms in total. The van der Waals surface area contributed by atoms with Gasteiger partial charge in [-0.1, -0.05) is 13.8 Å². The Bertz CT molecular complexity index is 418. The highest BCUT2D eigenvalue weighted by atomic mass is 16.3. The average molecular weight is 247 g/mol. The van der Waals surface area contributed by atoms with Crippen LogP contribution >= 0.6 is 0 Å². The quantitative estimate of drug-likeness (QED) is 0.815. The van der Waals surface area contributed by atoms with Gasteiger partial charge in [0.2, 0.25) is 0 Å². The number of hydrogen-bond donors (Lipinski definition) is 0. The molecule has 0 N–H and O–H groups in total. The summed E-state index contributed by atoms with van der Waals surface area (Å²) in [5.74, 6) is 2.05. The second kappa shape index (κ2) is 5.98. The predicted octanol–water partition coefficient (Wildman–Crippen LogP) is 3.60. The highest BCUT2D eigenvalue weighted by Gasteiger charge is 2.26. The van der Waals surface area contributed by atoms with Crippen LogP contribution in [-0.2, 0) is 4.79 Å². The maximum Gasteiger partial charge on any atom is 0.139 e. The molecule has 18 heavy (non-hydrogen) atoms. The normalized spacial score (nSPS) is 22.9. The minimum Gasteiger partial charge on any atom is -0.469 e. The Morgan fingerprint density at radius 3 is 2.94 bits per heavy atom. The number of carbonyl (C=O) groups is 1. The van der Waals surface area contributed by atoms with Crippen molar-refractivity contribution in [2.75, 3.05) is 6.54 Å². The minimum absolute atomic E-state index is 0.194. The van der Waals surface area contributed by atoms with E-state index in [0.717, 1.165) is 30.9 Å². The molecule has 0 aromatic carbocycles. The van der Waals surface area contributed by atoms with E-state index in [1.807, 2.05) is 12.1 Å². The molecule has 0 aliphatic heterocycles. The van der Waals surface area contributed by atoms with E-state index in [-0.39, 0.29) is 11.7 Å². The molecule has 0 radical (unpaired) electrons. The van der Waals surface area contributed by atoms with Gasteiger partial charge in [-0.25, -0.2) is 0 Å². The first-order valence-electron chi connectivity index (χ1n) is 6.72. The van der Waals surface area contributed by atoms with Crippen molar-refractivity contribution in [3.63, 3.8) is 0 Å². The molecular weight excluding hydrogens is 226 g/mol. The van der Waals surface area contributed by atoms with Gasteiger partial charge in [0.1, 0.15) is 11.5 Å². The maximum atomic E-state index is 11.8. The van der Waals surface area contributed by atoms with Crippen LogP contribution in [0.5, 0.6) is 0 Å². The second-order valence-corrected chi connectivity index (χ2v) is 5.47. The Labute approximate surface area is 108 Å². The first-order valence-corrected chi connectivity index (χ1v) is 6.72. The molecule has 0 bridgehead atoms. The lowest BCUT2D eigenvalue weighted by Gasteiger charge is -2.20. The van der Waals surface area contributed by atoms with Crippen molar-refractivity contribution in [3.8, 4) is 0 Å². The minimum atomic E-state index is 0.194. The Hall–Kier alpha value is -1.38. The van der Waals surface area contributed by atoms with Crippen molar-refractivity contribution >= 4 is 11.5 Å². The van der Waals surface area contributed by atoms with Gasteiger partial charge >= 0.3 is 0 Å². The van der Waals surface area contributed by atoms with Gasteiger partial charge < -0.3 is 4.42 Å². The van der Waals surface area contributed by atoms with E-state index in [2.05, 4.69) is 18.8 Å². The molecule has 0 spiro atoms. The van der Waals surface area contributed by atoms with E-state index in [0.29, 0.717) is 18.8 Å². The maximum absolute atomic E-state index is 11.8. The van der Waals surface area contributed by atoms with Crippen LogP contribution in [0.3, 0.4) is 0 Å². The van der Waals surface area contributed by atoms with Gasteiger partial charge in [0.25, 0.3) is 0 Å². The summed E-state index contributed by atoms with van der Waals surface area (Å²) in [6.07, 6.45) is 4.76. The SMILES string of the molecule is CC(C)CCN=C1CC(=O)C[C@H](c2ccco2)C1. The summed E-state index contributed by atoms with van der Waals surface area (Å²) in [5.41, 5.74) is 1.05. The van der Waals surface area contributed by atoms with Crippen LogP contribution < -0.4 is 0 Å². The monoisotopic (exact) mass is 247 g/mol. The van der Waals surface area contributed by atoms with Gasteiger partial charge in [-0.3, -0.25) is 9.79 Å². The lowest BCUT2D eigenvalue weighted by molar-refractivity contribution is -0.118. The molecule has 1 aliphatic carbocycles. The summed E-state index contributed by atoms with van der Waals surface area (Å²) in [5, 5.41) is 0. The third-order valence-corrected chi connectivity index (χ3v) is 3.34. The highest BCUT2D eigenvalue weighted by molar-refractivity contribution is 6.04. The Morgan fingerprint density at radius 1 is 1.44 bits per heavy atom. The molecule has 1 aromatic rings. The van der Waals surface area contributed by atoms with Crippen molar-refractivity contribution in [1.82, 2.24) is 0 Å². The van der Waals surface area contributed by atoms with E-state index >= 15 is 0 Å². The van der Waals surface area contributed by atoms with Crippen molar-refractivity contribution < 1.29 is 9.21 Å². The van der Waals surface area contributed by atoms with E-state index in [1.54, 1.807) is 6.26 Å². The van der Waals surface area contributed by atoms with Crippen molar-refractivity contribution in [2.24, 2.45) is 10.9 Å². The molecule has 0 amide bonds. The van der Waals surface area contributed by atoms with Crippen LogP contribution in [0.25, 0.3) is 0 Å². The van der Waals surface area contributed by atoms with Crippen LogP contribution in [-0.4, -0.2) is 18.0 Å². The summed E-state index contributed by atoms with van der Waals surface area (Å²) in [6.45, 7) is 5.22. The van der Waals surface area contributed by atoms with Gasteiger partial charge in [-0.2, -0.15) is 0 Å². The van der Waals surface area contributed by atoms with Crippen molar-refractivity contribution in [2.45, 2.75) is 45.4 Å². The van der Waals surface area contributed by atoms with Gasteiger partial charge in [-0.15, -0.1) is 0 Å². The van der Waals surface area contributed by atoms with E-state index in [4.69, 9.17) is 4.42 Å². The zero-order valence-electron chi connectivity index (χ0n) is 11.2. The van der Waals surface area contributed by atoms with Crippen molar-refractivity contribution in [1.29, 1.82) is 0 Å². The van der Waals surface area contributed by atoms with E-state index in [9.17, 15) is 4.79 Å². The number of rotatable bonds is 4. The molecule has 1 aromatic heterocycles. The number of ketones is 1. The number of furan rings is 1. The molecule has 1 aliphatic rings. The highest BCUT2D eigenvalue weighted by Crippen LogP contribution is 2.30. The lowest BCUT2D eigenvalue weighted by atomic mass is 9.85. The van der Waals surface area contributed by atoms with E-state index in [1.165, 1.54) is 0 Å². The second-order valence-electron chi connectivity index (χ2n) is 5.47. The largest absolute Gasteiger partial charge is 0.469 e. The fourth-order valence-corrected chi connectivity index (χ4v) is 2.33. The molecule has 98 valence electrons. The molecule has 1 fully saturated rings. The molecule has 0 unspecified atom stereocenters. The van der Waals surface area contributed by atoms with Gasteiger partial charge in [0.15, 0.2) is 0 Å². The molecule has 2 rings (SSSR count). The lowest BCUT2D eigenvalue weighted by Crippen LogP contribution is -2.21. The Kier molecular flexibility index (Phi) is 4.34. The standard InChI is InChI=1S/C15H21NO2/c1-11(2)5-6-16-13-8-12(9-14(17)10-13)15-4-3-7-18-15/h3-4,7,11-12H,5-6,8-10H2,1-2H3/t12-/m1/s1. The number of carbonyl (C=O) groups excluding carboxylic acids is 1. The first-order chi connectivity index (χ1) is 8.65. The van der Waals surface area contributed by atoms with Crippen molar-refractivity contribution in [3.05, 3.63) is 24.2 Å². The summed E-state index contributed by atoms with van der Waals surface area (Å²) in [7, 11) is 0. The summed E-state index contributed by atoms with van der Waals surface area (Å²) >= 11 is 0. The smallest absolute Gasteiger partial charge is 0.139 e. The van der Waals surface area contributed by atoms with Crippen LogP contribution in [0.4, 0.5) is 0 Å². The van der Waals surface area contributed by atoms with Crippen LogP contribution in [0.15, 0.2) is 27.8 Å². The topological polar surface area (TPSA) is 42.6 Å². The molecule has 3 heteroatoms. The van der Waals surface area contributed by atoms with E-state index < -0.39 is 0 Å². The molecule has 0 saturated heterocycles. The third-order valence-electron chi connectivity index (χ3n) is 3.34. The fourth-order valence-electron chi connectivity index (χ4n) is 2.33. The van der Waals surface area contributed by atoms with Gasteiger partial charge in [0, 0.05) is 31.0 Å². The third kappa shape index (κ3) is 3.56. The number of Topliss-reactive ketones (excluding diaryl/α,β-unsaturated/α-hetero) is 1. The zero-order chi connectivity index (χ0) is 13.0. The Morgan fingerprint density at radius 2 is 2.28 bits per heavy atom. The summed E-state index contributed by atoms with van der Waals surface area (Å²) < 4.78 is 5.41. The molecular formula is C15H21NO2. The summed E-state index contributed by atoms with van der Waals surface area (Å²) in [4.78, 5) is 16.3. The van der Waals surface area contributed by atoms with Gasteiger partial charge in [-0.05, 0) is 30.9 Å². The molecule has 1 heterocycles. The fraction of sp³-hybridized carbons (Fsp3) is 0.600. The van der Waals surface area contributed by atoms with Crippen LogP contribution in [0, 0.1) is 5.92 Å². The molecule has 1 atom stereocenters. The average Bonchev–Trinajstić information content (AvgIpc) is 2.81.